The summed E-state index contributed by atoms with van der Waals surface area (Å²) in [6.45, 7) is 6.30. The first-order valence-corrected chi connectivity index (χ1v) is 7.33. The van der Waals surface area contributed by atoms with E-state index in [1.165, 1.54) is 24.8 Å². The van der Waals surface area contributed by atoms with E-state index in [1.54, 1.807) is 0 Å². The summed E-state index contributed by atoms with van der Waals surface area (Å²) < 4.78 is 0. The number of hydrogen-bond acceptors (Lipinski definition) is 2. The van der Waals surface area contributed by atoms with Gasteiger partial charge in [0.2, 0.25) is 5.91 Å². The molecule has 1 amide bonds. The van der Waals surface area contributed by atoms with E-state index in [2.05, 4.69) is 24.0 Å². The standard InChI is InChI=1S/C16H24N2O/c1-2-18(13-15-9-5-3-6-10-15)16(19)14-17-11-7-4-8-12-17/h3,5-6,9-10H,2,4,7-8,11-14H2,1H3. The Morgan fingerprint density at radius 1 is 1.16 bits per heavy atom. The Morgan fingerprint density at radius 2 is 1.84 bits per heavy atom. The zero-order valence-corrected chi connectivity index (χ0v) is 11.8. The van der Waals surface area contributed by atoms with Crippen LogP contribution in [-0.2, 0) is 11.3 Å². The average Bonchev–Trinajstić information content (AvgIpc) is 2.47. The molecule has 0 radical (unpaired) electrons. The van der Waals surface area contributed by atoms with E-state index in [1.807, 2.05) is 23.1 Å². The molecule has 1 aromatic rings. The molecule has 1 aliphatic rings. The minimum absolute atomic E-state index is 0.258. The lowest BCUT2D eigenvalue weighted by atomic mass is 10.1. The van der Waals surface area contributed by atoms with Gasteiger partial charge in [-0.15, -0.1) is 0 Å². The van der Waals surface area contributed by atoms with Crippen molar-refractivity contribution in [2.75, 3.05) is 26.2 Å². The van der Waals surface area contributed by atoms with Crippen LogP contribution in [0.2, 0.25) is 0 Å². The molecule has 1 aromatic carbocycles. The molecule has 3 heteroatoms. The van der Waals surface area contributed by atoms with Crippen LogP contribution in [0.3, 0.4) is 0 Å². The van der Waals surface area contributed by atoms with Gasteiger partial charge in [0.1, 0.15) is 0 Å². The van der Waals surface area contributed by atoms with Crippen LogP contribution < -0.4 is 0 Å². The number of likely N-dealkylation sites (tertiary alicyclic amines) is 1. The Morgan fingerprint density at radius 3 is 2.47 bits per heavy atom. The fraction of sp³-hybridized carbons (Fsp3) is 0.562. The van der Waals surface area contributed by atoms with Crippen molar-refractivity contribution in [1.82, 2.24) is 9.80 Å². The number of carbonyl (C=O) groups is 1. The molecule has 0 bridgehead atoms. The first kappa shape index (κ1) is 14.1. The van der Waals surface area contributed by atoms with Crippen LogP contribution in [0.25, 0.3) is 0 Å². The van der Waals surface area contributed by atoms with Crippen LogP contribution in [-0.4, -0.2) is 41.9 Å². The number of rotatable bonds is 5. The van der Waals surface area contributed by atoms with E-state index >= 15 is 0 Å². The third-order valence-corrected chi connectivity index (χ3v) is 3.76. The van der Waals surface area contributed by atoms with Gasteiger partial charge in [0, 0.05) is 13.1 Å². The molecule has 1 fully saturated rings. The largest absolute Gasteiger partial charge is 0.338 e. The minimum Gasteiger partial charge on any atom is -0.338 e. The number of benzene rings is 1. The summed E-state index contributed by atoms with van der Waals surface area (Å²) in [6.07, 6.45) is 3.78. The van der Waals surface area contributed by atoms with E-state index in [9.17, 15) is 4.79 Å². The van der Waals surface area contributed by atoms with Crippen molar-refractivity contribution in [3.63, 3.8) is 0 Å². The van der Waals surface area contributed by atoms with E-state index in [-0.39, 0.29) is 5.91 Å². The molecule has 2 rings (SSSR count). The number of hydrogen-bond donors (Lipinski definition) is 0. The zero-order valence-electron chi connectivity index (χ0n) is 11.8. The van der Waals surface area contributed by atoms with Crippen LogP contribution >= 0.6 is 0 Å². The quantitative estimate of drug-likeness (QED) is 0.812. The first-order chi connectivity index (χ1) is 9.29. The molecule has 0 spiro atoms. The van der Waals surface area contributed by atoms with Gasteiger partial charge in [-0.05, 0) is 38.4 Å². The summed E-state index contributed by atoms with van der Waals surface area (Å²) in [5, 5.41) is 0. The lowest BCUT2D eigenvalue weighted by Crippen LogP contribution is -2.41. The number of likely N-dealkylation sites (N-methyl/N-ethyl adjacent to an activating group) is 1. The van der Waals surface area contributed by atoms with E-state index in [4.69, 9.17) is 0 Å². The number of piperidine rings is 1. The second-order valence-electron chi connectivity index (χ2n) is 5.23. The monoisotopic (exact) mass is 260 g/mol. The van der Waals surface area contributed by atoms with Gasteiger partial charge in [-0.1, -0.05) is 36.8 Å². The van der Waals surface area contributed by atoms with E-state index in [0.29, 0.717) is 6.54 Å². The Balaban J connectivity index is 1.87. The molecule has 1 aliphatic heterocycles. The predicted octanol–water partition coefficient (Wildman–Crippen LogP) is 2.52. The smallest absolute Gasteiger partial charge is 0.237 e. The molecule has 3 nitrogen and oxygen atoms in total. The normalized spacial score (nSPS) is 16.3. The Hall–Kier alpha value is -1.35. The number of amides is 1. The van der Waals surface area contributed by atoms with Crippen LogP contribution in [0.4, 0.5) is 0 Å². The minimum atomic E-state index is 0.258. The summed E-state index contributed by atoms with van der Waals surface area (Å²) in [4.78, 5) is 16.6. The SMILES string of the molecule is CCN(Cc1ccccc1)C(=O)CN1CCCCC1. The number of nitrogens with zero attached hydrogens (tertiary/aromatic N) is 2. The highest BCUT2D eigenvalue weighted by Crippen LogP contribution is 2.10. The maximum absolute atomic E-state index is 12.3. The maximum atomic E-state index is 12.3. The summed E-state index contributed by atoms with van der Waals surface area (Å²) in [7, 11) is 0. The van der Waals surface area contributed by atoms with Gasteiger partial charge in [0.15, 0.2) is 0 Å². The lowest BCUT2D eigenvalue weighted by Gasteiger charge is -2.29. The summed E-state index contributed by atoms with van der Waals surface area (Å²) in [5.41, 5.74) is 1.20. The van der Waals surface area contributed by atoms with Crippen LogP contribution in [0.15, 0.2) is 30.3 Å². The molecular weight excluding hydrogens is 236 g/mol. The molecular formula is C16H24N2O. The molecule has 0 aliphatic carbocycles. The van der Waals surface area contributed by atoms with Crippen LogP contribution in [0, 0.1) is 0 Å². The fourth-order valence-electron chi connectivity index (χ4n) is 2.59. The molecule has 1 saturated heterocycles. The molecule has 0 atom stereocenters. The topological polar surface area (TPSA) is 23.6 Å². The number of carbonyl (C=O) groups excluding carboxylic acids is 1. The molecule has 19 heavy (non-hydrogen) atoms. The van der Waals surface area contributed by atoms with Crippen LogP contribution in [0.5, 0.6) is 0 Å². The van der Waals surface area contributed by atoms with Crippen molar-refractivity contribution in [3.05, 3.63) is 35.9 Å². The van der Waals surface area contributed by atoms with Gasteiger partial charge in [-0.2, -0.15) is 0 Å². The molecule has 1 heterocycles. The van der Waals surface area contributed by atoms with Gasteiger partial charge in [-0.3, -0.25) is 9.69 Å². The average molecular weight is 260 g/mol. The molecule has 104 valence electrons. The van der Waals surface area contributed by atoms with Crippen molar-refractivity contribution in [2.45, 2.75) is 32.7 Å². The Kier molecular flexibility index (Phi) is 5.40. The third-order valence-electron chi connectivity index (χ3n) is 3.76. The van der Waals surface area contributed by atoms with Crippen LogP contribution in [0.1, 0.15) is 31.7 Å². The predicted molar refractivity (Wildman–Crippen MR) is 77.8 cm³/mol. The fourth-order valence-corrected chi connectivity index (χ4v) is 2.59. The molecule has 0 N–H and O–H groups in total. The third kappa shape index (κ3) is 4.35. The molecule has 0 saturated carbocycles. The maximum Gasteiger partial charge on any atom is 0.237 e. The second kappa shape index (κ2) is 7.29. The van der Waals surface area contributed by atoms with Crippen molar-refractivity contribution >= 4 is 5.91 Å². The van der Waals surface area contributed by atoms with E-state index in [0.717, 1.165) is 26.2 Å². The van der Waals surface area contributed by atoms with Gasteiger partial charge in [0.25, 0.3) is 0 Å². The van der Waals surface area contributed by atoms with Gasteiger partial charge in [0.05, 0.1) is 6.54 Å². The van der Waals surface area contributed by atoms with E-state index < -0.39 is 0 Å². The second-order valence-corrected chi connectivity index (χ2v) is 5.23. The van der Waals surface area contributed by atoms with Gasteiger partial charge < -0.3 is 4.90 Å². The lowest BCUT2D eigenvalue weighted by molar-refractivity contribution is -0.133. The Bertz CT molecular complexity index is 385. The zero-order chi connectivity index (χ0) is 13.5. The summed E-state index contributed by atoms with van der Waals surface area (Å²) >= 11 is 0. The first-order valence-electron chi connectivity index (χ1n) is 7.33. The highest BCUT2D eigenvalue weighted by Gasteiger charge is 2.17. The van der Waals surface area contributed by atoms with Crippen molar-refractivity contribution in [1.29, 1.82) is 0 Å². The summed E-state index contributed by atoms with van der Waals surface area (Å²) in [5.74, 6) is 0.258. The Labute approximate surface area is 116 Å². The molecule has 0 unspecified atom stereocenters. The van der Waals surface area contributed by atoms with Crippen molar-refractivity contribution < 1.29 is 4.79 Å². The highest BCUT2D eigenvalue weighted by molar-refractivity contribution is 5.78. The van der Waals surface area contributed by atoms with Crippen molar-refractivity contribution in [2.24, 2.45) is 0 Å². The summed E-state index contributed by atoms with van der Waals surface area (Å²) in [6, 6.07) is 10.2. The molecule has 0 aromatic heterocycles. The highest BCUT2D eigenvalue weighted by atomic mass is 16.2. The van der Waals surface area contributed by atoms with Crippen molar-refractivity contribution in [3.8, 4) is 0 Å². The van der Waals surface area contributed by atoms with Gasteiger partial charge in [-0.25, -0.2) is 0 Å². The van der Waals surface area contributed by atoms with Gasteiger partial charge >= 0.3 is 0 Å².